The first-order valence-corrected chi connectivity index (χ1v) is 7.11. The molecule has 1 saturated heterocycles. The van der Waals surface area contributed by atoms with Crippen LogP contribution in [0, 0.1) is 5.92 Å². The third-order valence-electron chi connectivity index (χ3n) is 5.62. The van der Waals surface area contributed by atoms with Gasteiger partial charge in [0.2, 0.25) is 0 Å². The highest BCUT2D eigenvalue weighted by Gasteiger charge is 2.49. The molecule has 1 aromatic carbocycles. The number of piperidine rings is 1. The highest BCUT2D eigenvalue weighted by atomic mass is 16.3. The fourth-order valence-electron chi connectivity index (χ4n) is 4.35. The van der Waals surface area contributed by atoms with E-state index in [4.69, 9.17) is 0 Å². The molecule has 2 aliphatic rings. The van der Waals surface area contributed by atoms with Crippen molar-refractivity contribution in [2.45, 2.75) is 44.6 Å². The van der Waals surface area contributed by atoms with Crippen LogP contribution < -0.4 is 0 Å². The summed E-state index contributed by atoms with van der Waals surface area (Å²) in [5.41, 5.74) is 3.15. The molecule has 2 heteroatoms. The third-order valence-corrected chi connectivity index (χ3v) is 5.62. The van der Waals surface area contributed by atoms with E-state index in [0.717, 1.165) is 6.42 Å². The summed E-state index contributed by atoms with van der Waals surface area (Å²) < 4.78 is 0. The first kappa shape index (κ1) is 12.0. The molecule has 0 spiro atoms. The predicted molar refractivity (Wildman–Crippen MR) is 74.0 cm³/mol. The summed E-state index contributed by atoms with van der Waals surface area (Å²) in [5, 5.41) is 9.82. The fourth-order valence-corrected chi connectivity index (χ4v) is 4.35. The van der Waals surface area contributed by atoms with Crippen LogP contribution in [0.15, 0.2) is 18.2 Å². The van der Waals surface area contributed by atoms with Crippen molar-refractivity contribution in [2.75, 3.05) is 13.6 Å². The monoisotopic (exact) mass is 245 g/mol. The number of benzene rings is 1. The Morgan fingerprint density at radius 1 is 1.44 bits per heavy atom. The van der Waals surface area contributed by atoms with Crippen LogP contribution in [0.3, 0.4) is 0 Å². The van der Waals surface area contributed by atoms with Crippen LogP contribution in [0.5, 0.6) is 5.75 Å². The molecule has 3 rings (SSSR count). The number of likely N-dealkylation sites (tertiary alicyclic amines) is 1. The number of hydrogen-bond acceptors (Lipinski definition) is 2. The standard InChI is InChI=1S/C16H23NO/c1-4-16-7-8-17(3)15(11(16)2)9-12-5-6-13(18)10-14(12)16/h5-6,10-11,15,18H,4,7-9H2,1-3H3/t11-,15?,16+/m0/s1. The van der Waals surface area contributed by atoms with Gasteiger partial charge < -0.3 is 10.0 Å². The van der Waals surface area contributed by atoms with Crippen molar-refractivity contribution in [2.24, 2.45) is 5.92 Å². The SMILES string of the molecule is CC[C@]12CCN(C)C(Cc3ccc(O)cc31)[C@@H]2C. The molecule has 2 nitrogen and oxygen atoms in total. The van der Waals surface area contributed by atoms with Gasteiger partial charge in [-0.2, -0.15) is 0 Å². The number of phenols is 1. The first-order chi connectivity index (χ1) is 8.58. The quantitative estimate of drug-likeness (QED) is 0.822. The van der Waals surface area contributed by atoms with Gasteiger partial charge in [0, 0.05) is 11.5 Å². The molecule has 2 bridgehead atoms. The normalized spacial score (nSPS) is 35.3. The first-order valence-electron chi connectivity index (χ1n) is 7.11. The topological polar surface area (TPSA) is 23.5 Å². The second-order valence-corrected chi connectivity index (χ2v) is 6.14. The summed E-state index contributed by atoms with van der Waals surface area (Å²) in [6, 6.07) is 6.66. The average Bonchev–Trinajstić information content (AvgIpc) is 2.36. The Balaban J connectivity index is 2.18. The molecule has 98 valence electrons. The minimum absolute atomic E-state index is 0.281. The molecule has 0 aromatic heterocycles. The van der Waals surface area contributed by atoms with E-state index in [9.17, 15) is 5.11 Å². The fraction of sp³-hybridized carbons (Fsp3) is 0.625. The summed E-state index contributed by atoms with van der Waals surface area (Å²) in [6.45, 7) is 5.88. The van der Waals surface area contributed by atoms with Gasteiger partial charge in [0.15, 0.2) is 0 Å². The van der Waals surface area contributed by atoms with Crippen LogP contribution >= 0.6 is 0 Å². The summed E-state index contributed by atoms with van der Waals surface area (Å²) >= 11 is 0. The van der Waals surface area contributed by atoms with Crippen LogP contribution in [-0.4, -0.2) is 29.6 Å². The number of hydrogen-bond donors (Lipinski definition) is 1. The van der Waals surface area contributed by atoms with Gasteiger partial charge in [-0.05, 0) is 62.0 Å². The third kappa shape index (κ3) is 1.45. The van der Waals surface area contributed by atoms with E-state index in [-0.39, 0.29) is 5.41 Å². The zero-order chi connectivity index (χ0) is 12.9. The number of aromatic hydroxyl groups is 1. The van der Waals surface area contributed by atoms with Crippen LogP contribution in [0.2, 0.25) is 0 Å². The summed E-state index contributed by atoms with van der Waals surface area (Å²) in [4.78, 5) is 2.52. The Bertz CT molecular complexity index is 470. The number of rotatable bonds is 1. The van der Waals surface area contributed by atoms with Gasteiger partial charge in [0.05, 0.1) is 0 Å². The van der Waals surface area contributed by atoms with Crippen molar-refractivity contribution in [3.63, 3.8) is 0 Å². The molecule has 1 aliphatic carbocycles. The molecule has 1 aromatic rings. The molecule has 1 aliphatic heterocycles. The minimum atomic E-state index is 0.281. The molecular weight excluding hydrogens is 222 g/mol. The lowest BCUT2D eigenvalue weighted by molar-refractivity contribution is 0.0385. The second-order valence-electron chi connectivity index (χ2n) is 6.14. The van der Waals surface area contributed by atoms with E-state index in [1.807, 2.05) is 12.1 Å². The van der Waals surface area contributed by atoms with E-state index in [1.165, 1.54) is 30.5 Å². The summed E-state index contributed by atoms with van der Waals surface area (Å²) in [6.07, 6.45) is 3.53. The Morgan fingerprint density at radius 3 is 2.94 bits per heavy atom. The molecule has 0 radical (unpaired) electrons. The maximum atomic E-state index is 9.82. The lowest BCUT2D eigenvalue weighted by atomic mass is 9.57. The molecule has 1 fully saturated rings. The van der Waals surface area contributed by atoms with E-state index >= 15 is 0 Å². The number of likely N-dealkylation sites (N-methyl/N-ethyl adjacent to an activating group) is 1. The largest absolute Gasteiger partial charge is 0.508 e. The van der Waals surface area contributed by atoms with Crippen molar-refractivity contribution >= 4 is 0 Å². The molecular formula is C16H23NO. The van der Waals surface area contributed by atoms with Crippen LogP contribution in [-0.2, 0) is 11.8 Å². The van der Waals surface area contributed by atoms with Gasteiger partial charge in [-0.15, -0.1) is 0 Å². The van der Waals surface area contributed by atoms with Crippen LogP contribution in [0.25, 0.3) is 0 Å². The Labute approximate surface area is 110 Å². The summed E-state index contributed by atoms with van der Waals surface area (Å²) in [7, 11) is 2.26. The van der Waals surface area contributed by atoms with Gasteiger partial charge in [-0.25, -0.2) is 0 Å². The lowest BCUT2D eigenvalue weighted by Crippen LogP contribution is -2.57. The maximum Gasteiger partial charge on any atom is 0.115 e. The predicted octanol–water partition coefficient (Wildman–Crippen LogP) is 2.94. The average molecular weight is 245 g/mol. The van der Waals surface area contributed by atoms with Gasteiger partial charge in [-0.3, -0.25) is 0 Å². The molecule has 3 atom stereocenters. The van der Waals surface area contributed by atoms with Gasteiger partial charge in [0.1, 0.15) is 5.75 Å². The van der Waals surface area contributed by atoms with Crippen molar-refractivity contribution in [3.05, 3.63) is 29.3 Å². The lowest BCUT2D eigenvalue weighted by Gasteiger charge is -2.55. The molecule has 1 unspecified atom stereocenters. The Kier molecular flexibility index (Phi) is 2.67. The van der Waals surface area contributed by atoms with E-state index in [0.29, 0.717) is 17.7 Å². The van der Waals surface area contributed by atoms with Crippen molar-refractivity contribution in [1.29, 1.82) is 0 Å². The van der Waals surface area contributed by atoms with E-state index in [2.05, 4.69) is 31.9 Å². The van der Waals surface area contributed by atoms with Gasteiger partial charge in [0.25, 0.3) is 0 Å². The Hall–Kier alpha value is -1.02. The molecule has 0 amide bonds. The van der Waals surface area contributed by atoms with Crippen molar-refractivity contribution in [3.8, 4) is 5.75 Å². The van der Waals surface area contributed by atoms with Crippen LogP contribution in [0.1, 0.15) is 37.8 Å². The van der Waals surface area contributed by atoms with E-state index in [1.54, 1.807) is 0 Å². The number of nitrogens with zero attached hydrogens (tertiary/aromatic N) is 1. The van der Waals surface area contributed by atoms with E-state index < -0.39 is 0 Å². The Morgan fingerprint density at radius 2 is 2.22 bits per heavy atom. The molecule has 0 saturated carbocycles. The van der Waals surface area contributed by atoms with Gasteiger partial charge >= 0.3 is 0 Å². The van der Waals surface area contributed by atoms with Crippen molar-refractivity contribution in [1.82, 2.24) is 4.90 Å². The number of phenolic OH excluding ortho intramolecular Hbond substituents is 1. The van der Waals surface area contributed by atoms with Gasteiger partial charge in [-0.1, -0.05) is 19.9 Å². The molecule has 1 N–H and O–H groups in total. The highest BCUT2D eigenvalue weighted by molar-refractivity contribution is 5.44. The minimum Gasteiger partial charge on any atom is -0.508 e. The van der Waals surface area contributed by atoms with Crippen LogP contribution in [0.4, 0.5) is 0 Å². The highest BCUT2D eigenvalue weighted by Crippen LogP contribution is 2.50. The smallest absolute Gasteiger partial charge is 0.115 e. The number of fused-ring (bicyclic) bond motifs is 4. The zero-order valence-electron chi connectivity index (χ0n) is 11.6. The molecule has 18 heavy (non-hydrogen) atoms. The maximum absolute atomic E-state index is 9.82. The second kappa shape index (κ2) is 3.99. The van der Waals surface area contributed by atoms with Crippen molar-refractivity contribution < 1.29 is 5.11 Å². The summed E-state index contributed by atoms with van der Waals surface area (Å²) in [5.74, 6) is 1.10. The molecule has 1 heterocycles. The zero-order valence-corrected chi connectivity index (χ0v) is 11.6.